The van der Waals surface area contributed by atoms with Gasteiger partial charge in [0, 0.05) is 24.8 Å². The van der Waals surface area contributed by atoms with E-state index in [2.05, 4.69) is 17.0 Å². The minimum atomic E-state index is -0.0927. The zero-order valence-corrected chi connectivity index (χ0v) is 10.2. The van der Waals surface area contributed by atoms with Crippen LogP contribution < -0.4 is 10.6 Å². The van der Waals surface area contributed by atoms with Gasteiger partial charge in [-0.2, -0.15) is 0 Å². The van der Waals surface area contributed by atoms with Crippen LogP contribution in [0.2, 0.25) is 0 Å². The van der Waals surface area contributed by atoms with Crippen LogP contribution >= 0.6 is 0 Å². The molecule has 4 heteroatoms. The van der Waals surface area contributed by atoms with Crippen LogP contribution in [0.4, 0.5) is 5.69 Å². The number of nitrogens with two attached hydrogens (primary N) is 1. The third kappa shape index (κ3) is 2.77. The summed E-state index contributed by atoms with van der Waals surface area (Å²) >= 11 is 0. The van der Waals surface area contributed by atoms with Crippen LogP contribution in [0.3, 0.4) is 0 Å². The third-order valence-electron chi connectivity index (χ3n) is 3.11. The number of aliphatic hydroxyl groups is 1. The Kier molecular flexibility index (Phi) is 3.99. The molecule has 1 aliphatic rings. The second-order valence-corrected chi connectivity index (χ2v) is 4.47. The highest BCUT2D eigenvalue weighted by atomic mass is 16.5. The Morgan fingerprint density at radius 3 is 3.00 bits per heavy atom. The van der Waals surface area contributed by atoms with E-state index < -0.39 is 0 Å². The SMILES string of the molecule is C[C@H](N)c1ccccc1N1CCOC(CO)C1. The molecule has 0 radical (unpaired) electrons. The van der Waals surface area contributed by atoms with Gasteiger partial charge >= 0.3 is 0 Å². The van der Waals surface area contributed by atoms with Gasteiger partial charge in [-0.05, 0) is 18.6 Å². The zero-order chi connectivity index (χ0) is 12.3. The molecule has 1 fully saturated rings. The lowest BCUT2D eigenvalue weighted by molar-refractivity contribution is 0.00351. The smallest absolute Gasteiger partial charge is 0.0980 e. The lowest BCUT2D eigenvalue weighted by Gasteiger charge is -2.35. The van der Waals surface area contributed by atoms with Gasteiger partial charge in [0.15, 0.2) is 0 Å². The van der Waals surface area contributed by atoms with Crippen LogP contribution in [0.1, 0.15) is 18.5 Å². The fourth-order valence-corrected chi connectivity index (χ4v) is 2.21. The summed E-state index contributed by atoms with van der Waals surface area (Å²) in [7, 11) is 0. The number of ether oxygens (including phenoxy) is 1. The number of para-hydroxylation sites is 1. The molecule has 0 saturated carbocycles. The molecule has 1 aliphatic heterocycles. The maximum atomic E-state index is 9.16. The largest absolute Gasteiger partial charge is 0.394 e. The molecule has 0 aliphatic carbocycles. The molecule has 3 N–H and O–H groups in total. The first-order valence-electron chi connectivity index (χ1n) is 6.04. The molecule has 1 heterocycles. The van der Waals surface area contributed by atoms with Crippen molar-refractivity contribution in [2.75, 3.05) is 31.2 Å². The molecule has 0 aromatic heterocycles. The van der Waals surface area contributed by atoms with Crippen LogP contribution in [0.15, 0.2) is 24.3 Å². The highest BCUT2D eigenvalue weighted by molar-refractivity contribution is 5.55. The maximum Gasteiger partial charge on any atom is 0.0980 e. The fourth-order valence-electron chi connectivity index (χ4n) is 2.21. The number of rotatable bonds is 3. The summed E-state index contributed by atoms with van der Waals surface area (Å²) in [5.74, 6) is 0. The average Bonchev–Trinajstić information content (AvgIpc) is 2.39. The summed E-state index contributed by atoms with van der Waals surface area (Å²) in [5, 5.41) is 9.16. The molecular formula is C13H20N2O2. The Bertz CT molecular complexity index is 368. The van der Waals surface area contributed by atoms with Gasteiger partial charge < -0.3 is 20.5 Å². The van der Waals surface area contributed by atoms with Crippen molar-refractivity contribution >= 4 is 5.69 Å². The number of hydrogen-bond donors (Lipinski definition) is 2. The van der Waals surface area contributed by atoms with Crippen molar-refractivity contribution in [1.82, 2.24) is 0 Å². The van der Waals surface area contributed by atoms with Crippen molar-refractivity contribution < 1.29 is 9.84 Å². The van der Waals surface area contributed by atoms with Gasteiger partial charge in [-0.25, -0.2) is 0 Å². The molecule has 94 valence electrons. The predicted molar refractivity (Wildman–Crippen MR) is 68.1 cm³/mol. The Hall–Kier alpha value is -1.10. The fraction of sp³-hybridized carbons (Fsp3) is 0.538. The normalized spacial score (nSPS) is 22.5. The van der Waals surface area contributed by atoms with Crippen molar-refractivity contribution in [3.05, 3.63) is 29.8 Å². The standard InChI is InChI=1S/C13H20N2O2/c1-10(14)12-4-2-3-5-13(12)15-6-7-17-11(8-15)9-16/h2-5,10-11,16H,6-9,14H2,1H3/t10-,11?/m0/s1. The molecule has 1 aromatic carbocycles. The van der Waals surface area contributed by atoms with Crippen molar-refractivity contribution in [1.29, 1.82) is 0 Å². The van der Waals surface area contributed by atoms with Crippen LogP contribution in [-0.4, -0.2) is 37.5 Å². The van der Waals surface area contributed by atoms with E-state index in [4.69, 9.17) is 15.6 Å². The van der Waals surface area contributed by atoms with Crippen molar-refractivity contribution in [3.8, 4) is 0 Å². The molecule has 4 nitrogen and oxygen atoms in total. The second-order valence-electron chi connectivity index (χ2n) is 4.47. The number of anilines is 1. The van der Waals surface area contributed by atoms with Gasteiger partial charge in [0.25, 0.3) is 0 Å². The van der Waals surface area contributed by atoms with E-state index in [1.807, 2.05) is 19.1 Å². The first-order valence-corrected chi connectivity index (χ1v) is 6.04. The van der Waals surface area contributed by atoms with Crippen molar-refractivity contribution in [3.63, 3.8) is 0 Å². The predicted octanol–water partition coefficient (Wildman–Crippen LogP) is 0.904. The maximum absolute atomic E-state index is 9.16. The first-order chi connectivity index (χ1) is 8.22. The number of hydrogen-bond acceptors (Lipinski definition) is 4. The van der Waals surface area contributed by atoms with E-state index in [-0.39, 0.29) is 18.8 Å². The summed E-state index contributed by atoms with van der Waals surface area (Å²) in [4.78, 5) is 2.24. The van der Waals surface area contributed by atoms with Crippen LogP contribution in [0.5, 0.6) is 0 Å². The van der Waals surface area contributed by atoms with Crippen LogP contribution in [-0.2, 0) is 4.74 Å². The lowest BCUT2D eigenvalue weighted by Crippen LogP contribution is -2.44. The number of morpholine rings is 1. The summed E-state index contributed by atoms with van der Waals surface area (Å²) < 4.78 is 5.46. The molecule has 17 heavy (non-hydrogen) atoms. The summed E-state index contributed by atoms with van der Waals surface area (Å²) in [6.07, 6.45) is -0.0927. The van der Waals surface area contributed by atoms with E-state index >= 15 is 0 Å². The van der Waals surface area contributed by atoms with Crippen molar-refractivity contribution in [2.45, 2.75) is 19.1 Å². The highest BCUT2D eigenvalue weighted by Gasteiger charge is 2.22. The minimum Gasteiger partial charge on any atom is -0.394 e. The van der Waals surface area contributed by atoms with E-state index in [0.29, 0.717) is 6.61 Å². The Morgan fingerprint density at radius 1 is 1.53 bits per heavy atom. The molecule has 0 spiro atoms. The lowest BCUT2D eigenvalue weighted by atomic mass is 10.1. The highest BCUT2D eigenvalue weighted by Crippen LogP contribution is 2.26. The monoisotopic (exact) mass is 236 g/mol. The van der Waals surface area contributed by atoms with Gasteiger partial charge in [-0.15, -0.1) is 0 Å². The molecule has 1 unspecified atom stereocenters. The van der Waals surface area contributed by atoms with E-state index in [1.54, 1.807) is 0 Å². The van der Waals surface area contributed by atoms with Gasteiger partial charge in [0.1, 0.15) is 0 Å². The number of benzene rings is 1. The second kappa shape index (κ2) is 5.49. The van der Waals surface area contributed by atoms with Gasteiger partial charge in [0.2, 0.25) is 0 Å². The summed E-state index contributed by atoms with van der Waals surface area (Å²) in [5.41, 5.74) is 8.28. The minimum absolute atomic E-state index is 0.0154. The molecule has 0 bridgehead atoms. The van der Waals surface area contributed by atoms with E-state index in [1.165, 1.54) is 0 Å². The van der Waals surface area contributed by atoms with Gasteiger partial charge in [-0.3, -0.25) is 0 Å². The molecular weight excluding hydrogens is 216 g/mol. The Morgan fingerprint density at radius 2 is 2.29 bits per heavy atom. The van der Waals surface area contributed by atoms with Crippen LogP contribution in [0, 0.1) is 0 Å². The summed E-state index contributed by atoms with van der Waals surface area (Å²) in [6, 6.07) is 8.18. The van der Waals surface area contributed by atoms with Crippen molar-refractivity contribution in [2.24, 2.45) is 5.73 Å². The third-order valence-corrected chi connectivity index (χ3v) is 3.11. The van der Waals surface area contributed by atoms with Gasteiger partial charge in [0.05, 0.1) is 19.3 Å². The van der Waals surface area contributed by atoms with E-state index in [9.17, 15) is 0 Å². The van der Waals surface area contributed by atoms with Gasteiger partial charge in [-0.1, -0.05) is 18.2 Å². The molecule has 1 saturated heterocycles. The topological polar surface area (TPSA) is 58.7 Å². The zero-order valence-electron chi connectivity index (χ0n) is 10.2. The molecule has 2 rings (SSSR count). The average molecular weight is 236 g/mol. The molecule has 2 atom stereocenters. The molecule has 1 aromatic rings. The Labute approximate surface area is 102 Å². The summed E-state index contributed by atoms with van der Waals surface area (Å²) in [6.45, 7) is 4.28. The van der Waals surface area contributed by atoms with Crippen LogP contribution in [0.25, 0.3) is 0 Å². The Balaban J connectivity index is 2.21. The quantitative estimate of drug-likeness (QED) is 0.819. The van der Waals surface area contributed by atoms with E-state index in [0.717, 1.165) is 24.3 Å². The first kappa shape index (κ1) is 12.4. The number of aliphatic hydroxyl groups excluding tert-OH is 1. The molecule has 0 amide bonds. The number of nitrogens with zero attached hydrogens (tertiary/aromatic N) is 1.